The molecule has 0 aromatic carbocycles. The maximum atomic E-state index is 11.7. The van der Waals surface area contributed by atoms with Crippen molar-refractivity contribution in [3.05, 3.63) is 0 Å². The quantitative estimate of drug-likeness (QED) is 0.295. The molecule has 0 amide bonds. The lowest BCUT2D eigenvalue weighted by atomic mass is 10.1. The molecule has 1 rings (SSSR count). The molecule has 1 aliphatic heterocycles. The normalized spacial score (nSPS) is 16.6. The van der Waals surface area contributed by atoms with Crippen LogP contribution in [0.2, 0.25) is 0 Å². The number of hydrogen-bond acceptors (Lipinski definition) is 4. The Morgan fingerprint density at radius 1 is 1.09 bits per heavy atom. The van der Waals surface area contributed by atoms with Gasteiger partial charge in [0, 0.05) is 6.42 Å². The highest BCUT2D eigenvalue weighted by Gasteiger charge is 2.36. The third-order valence-electron chi connectivity index (χ3n) is 3.32. The topological polar surface area (TPSA) is 74.3 Å². The number of hydrogen-bond donors (Lipinski definition) is 0. The molecule has 0 aromatic rings. The monoisotopic (exact) mass is 378 g/mol. The lowest BCUT2D eigenvalue weighted by Gasteiger charge is -2.12. The second-order valence-corrected chi connectivity index (χ2v) is 9.18. The average molecular weight is 378 g/mol. The van der Waals surface area contributed by atoms with E-state index in [1.807, 2.05) is 0 Å². The zero-order valence-electron chi connectivity index (χ0n) is 13.4. The van der Waals surface area contributed by atoms with Crippen molar-refractivity contribution in [1.29, 1.82) is 0 Å². The first kappa shape index (κ1) is 22.7. The standard InChI is InChI=1S/C13H25OS.CHF3O3S/c1-2-3-4-6-9-13(14)12-15-10-7-5-8-11-15;2-1(3,4)8(5,6)7/h2-12H2,1H3;(H,5,6,7)/q+1;/p-1. The van der Waals surface area contributed by atoms with Crippen LogP contribution in [0.1, 0.15) is 58.3 Å². The van der Waals surface area contributed by atoms with Crippen LogP contribution in [0.15, 0.2) is 0 Å². The first-order valence-electron chi connectivity index (χ1n) is 7.76. The van der Waals surface area contributed by atoms with E-state index in [0.717, 1.165) is 18.6 Å². The molecule has 23 heavy (non-hydrogen) atoms. The van der Waals surface area contributed by atoms with E-state index in [-0.39, 0.29) is 0 Å². The van der Waals surface area contributed by atoms with Gasteiger partial charge in [-0.2, -0.15) is 13.2 Å². The van der Waals surface area contributed by atoms with Gasteiger partial charge in [-0.3, -0.25) is 4.79 Å². The van der Waals surface area contributed by atoms with E-state index in [2.05, 4.69) is 6.92 Å². The van der Waals surface area contributed by atoms with Gasteiger partial charge in [-0.25, -0.2) is 8.42 Å². The lowest BCUT2D eigenvalue weighted by molar-refractivity contribution is -0.116. The third kappa shape index (κ3) is 11.8. The van der Waals surface area contributed by atoms with Crippen LogP contribution < -0.4 is 0 Å². The molecule has 0 N–H and O–H groups in total. The Labute approximate surface area is 139 Å². The molecule has 0 atom stereocenters. The highest BCUT2D eigenvalue weighted by atomic mass is 32.2. The summed E-state index contributed by atoms with van der Waals surface area (Å²) < 4.78 is 58.9. The molecule has 4 nitrogen and oxygen atoms in total. The van der Waals surface area contributed by atoms with Gasteiger partial charge < -0.3 is 4.55 Å². The van der Waals surface area contributed by atoms with E-state index in [0.29, 0.717) is 16.7 Å². The van der Waals surface area contributed by atoms with E-state index in [1.54, 1.807) is 0 Å². The van der Waals surface area contributed by atoms with Crippen molar-refractivity contribution in [2.24, 2.45) is 0 Å². The summed E-state index contributed by atoms with van der Waals surface area (Å²) in [6.07, 6.45) is 9.91. The smallest absolute Gasteiger partial charge is 0.485 e. The van der Waals surface area contributed by atoms with Gasteiger partial charge in [0.1, 0.15) is 11.5 Å². The highest BCUT2D eigenvalue weighted by Crippen LogP contribution is 2.20. The molecule has 1 heterocycles. The van der Waals surface area contributed by atoms with Gasteiger partial charge in [0.25, 0.3) is 0 Å². The third-order valence-corrected chi connectivity index (χ3v) is 6.35. The number of unbranched alkanes of at least 4 members (excludes halogenated alkanes) is 3. The average Bonchev–Trinajstić information content (AvgIpc) is 2.43. The minimum Gasteiger partial charge on any atom is -0.741 e. The van der Waals surface area contributed by atoms with E-state index in [4.69, 9.17) is 13.0 Å². The Bertz CT molecular complexity index is 430. The molecule has 0 spiro atoms. The summed E-state index contributed by atoms with van der Waals surface area (Å²) in [5, 5.41) is 0. The molecule has 1 aliphatic rings. The summed E-state index contributed by atoms with van der Waals surface area (Å²) in [5.41, 5.74) is -5.65. The van der Waals surface area contributed by atoms with Crippen LogP contribution >= 0.6 is 0 Å². The minimum atomic E-state index is -6.09. The van der Waals surface area contributed by atoms with Crippen LogP contribution in [0, 0.1) is 0 Å². The Hall–Kier alpha value is -0.280. The van der Waals surface area contributed by atoms with E-state index >= 15 is 0 Å². The predicted octanol–water partition coefficient (Wildman–Crippen LogP) is 3.38. The molecular weight excluding hydrogens is 353 g/mol. The van der Waals surface area contributed by atoms with E-state index < -0.39 is 15.6 Å². The lowest BCUT2D eigenvalue weighted by Crippen LogP contribution is -2.25. The van der Waals surface area contributed by atoms with Gasteiger partial charge in [-0.1, -0.05) is 26.2 Å². The fraction of sp³-hybridized carbons (Fsp3) is 0.929. The van der Waals surface area contributed by atoms with E-state index in [1.165, 1.54) is 50.0 Å². The summed E-state index contributed by atoms with van der Waals surface area (Å²) in [6.45, 7) is 2.21. The van der Waals surface area contributed by atoms with Crippen molar-refractivity contribution in [2.75, 3.05) is 17.3 Å². The van der Waals surface area contributed by atoms with Crippen molar-refractivity contribution in [3.63, 3.8) is 0 Å². The summed E-state index contributed by atoms with van der Waals surface area (Å²) in [5.74, 6) is 4.12. The number of Topliss-reactive ketones (excluding diaryl/α,β-unsaturated/α-hetero) is 1. The summed E-state index contributed by atoms with van der Waals surface area (Å²) in [7, 11) is -5.62. The first-order valence-corrected chi connectivity index (χ1v) is 10.9. The molecule has 0 saturated carbocycles. The molecule has 0 aromatic heterocycles. The number of ketones is 1. The van der Waals surface area contributed by atoms with Crippen LogP contribution in [0.5, 0.6) is 0 Å². The second kappa shape index (κ2) is 11.3. The molecule has 0 aliphatic carbocycles. The largest absolute Gasteiger partial charge is 0.741 e. The molecule has 1 fully saturated rings. The van der Waals surface area contributed by atoms with Crippen molar-refractivity contribution in [1.82, 2.24) is 0 Å². The van der Waals surface area contributed by atoms with Crippen molar-refractivity contribution < 1.29 is 30.9 Å². The van der Waals surface area contributed by atoms with Crippen molar-refractivity contribution in [3.8, 4) is 0 Å². The van der Waals surface area contributed by atoms with Gasteiger partial charge in [-0.15, -0.1) is 0 Å². The predicted molar refractivity (Wildman–Crippen MR) is 85.3 cm³/mol. The Balaban J connectivity index is 0.000000515. The summed E-state index contributed by atoms with van der Waals surface area (Å²) in [4.78, 5) is 11.7. The molecule has 1 saturated heterocycles. The number of alkyl halides is 3. The van der Waals surface area contributed by atoms with Crippen molar-refractivity contribution in [2.45, 2.75) is 63.8 Å². The Morgan fingerprint density at radius 3 is 2.04 bits per heavy atom. The zero-order valence-corrected chi connectivity index (χ0v) is 15.0. The minimum absolute atomic E-state index is 0.469. The van der Waals surface area contributed by atoms with Crippen LogP contribution in [0.3, 0.4) is 0 Å². The SMILES string of the molecule is CCCCCCC(=O)C[S+]1CCCCC1.O=S(=O)([O-])C(F)(F)F. The van der Waals surface area contributed by atoms with Crippen molar-refractivity contribution >= 4 is 26.8 Å². The zero-order chi connectivity index (χ0) is 17.9. The molecule has 138 valence electrons. The van der Waals surface area contributed by atoms with Crippen LogP contribution in [-0.4, -0.2) is 41.5 Å². The maximum absolute atomic E-state index is 11.7. The number of rotatable bonds is 7. The van der Waals surface area contributed by atoms with Gasteiger partial charge in [0.2, 0.25) is 0 Å². The number of carbonyl (C=O) groups is 1. The summed E-state index contributed by atoms with van der Waals surface area (Å²) >= 11 is 0. The van der Waals surface area contributed by atoms with Gasteiger partial charge in [0.05, 0.1) is 0 Å². The van der Waals surface area contributed by atoms with E-state index in [9.17, 15) is 18.0 Å². The fourth-order valence-corrected chi connectivity index (χ4v) is 4.40. The first-order chi connectivity index (χ1) is 10.6. The Morgan fingerprint density at radius 2 is 1.61 bits per heavy atom. The molecular formula is C14H25F3O4S2. The van der Waals surface area contributed by atoms with Crippen LogP contribution in [-0.2, 0) is 25.8 Å². The van der Waals surface area contributed by atoms with Crippen LogP contribution in [0.4, 0.5) is 13.2 Å². The maximum Gasteiger partial charge on any atom is 0.485 e. The van der Waals surface area contributed by atoms with Crippen LogP contribution in [0.25, 0.3) is 0 Å². The fourth-order valence-electron chi connectivity index (χ4n) is 2.08. The molecule has 9 heteroatoms. The summed E-state index contributed by atoms with van der Waals surface area (Å²) in [6, 6.07) is 0. The van der Waals surface area contributed by atoms with Gasteiger partial charge >= 0.3 is 5.51 Å². The van der Waals surface area contributed by atoms with Gasteiger partial charge in [-0.05, 0) is 36.6 Å². The molecule has 0 radical (unpaired) electrons. The Kier molecular flexibility index (Phi) is 11.2. The second-order valence-electron chi connectivity index (χ2n) is 5.47. The van der Waals surface area contributed by atoms with Gasteiger partial charge in [0.15, 0.2) is 21.7 Å². The number of carbonyl (C=O) groups excluding carboxylic acids is 1. The molecule has 0 bridgehead atoms. The molecule has 0 unspecified atom stereocenters. The highest BCUT2D eigenvalue weighted by molar-refractivity contribution is 7.97. The number of halogens is 3.